The predicted octanol–water partition coefficient (Wildman–Crippen LogP) is 5.08. The van der Waals surface area contributed by atoms with E-state index in [-0.39, 0.29) is 5.92 Å². The summed E-state index contributed by atoms with van der Waals surface area (Å²) in [6, 6.07) is 2.12. The van der Waals surface area contributed by atoms with Gasteiger partial charge in [-0.25, -0.2) is 0 Å². The molecule has 0 saturated heterocycles. The van der Waals surface area contributed by atoms with Crippen LogP contribution in [0.15, 0.2) is 15.9 Å². The third kappa shape index (κ3) is 3.70. The van der Waals surface area contributed by atoms with E-state index in [1.165, 1.54) is 37.0 Å². The van der Waals surface area contributed by atoms with E-state index in [9.17, 15) is 4.79 Å². The number of hydrogen-bond acceptors (Lipinski definition) is 2. The SMILES string of the molecule is CN(Cc1cc(Br)cs1)C(=O)C1CCC2CCCCC2C1. The van der Waals surface area contributed by atoms with Gasteiger partial charge >= 0.3 is 0 Å². The van der Waals surface area contributed by atoms with E-state index in [2.05, 4.69) is 27.4 Å². The van der Waals surface area contributed by atoms with Crippen molar-refractivity contribution < 1.29 is 4.79 Å². The fraction of sp³-hybridized carbons (Fsp3) is 0.706. The van der Waals surface area contributed by atoms with Crippen molar-refractivity contribution in [3.63, 3.8) is 0 Å². The number of thiophene rings is 1. The number of fused-ring (bicyclic) bond motifs is 1. The molecule has 0 aliphatic heterocycles. The Kier molecular flexibility index (Phi) is 5.05. The van der Waals surface area contributed by atoms with Crippen LogP contribution in [-0.4, -0.2) is 17.9 Å². The minimum atomic E-state index is 0.276. The average Bonchev–Trinajstić information content (AvgIpc) is 2.91. The number of nitrogens with zero attached hydrogens (tertiary/aromatic N) is 1. The third-order valence-corrected chi connectivity index (χ3v) is 6.96. The van der Waals surface area contributed by atoms with Crippen LogP contribution in [0.5, 0.6) is 0 Å². The molecule has 4 heteroatoms. The number of carbonyl (C=O) groups excluding carboxylic acids is 1. The van der Waals surface area contributed by atoms with Gasteiger partial charge in [-0.1, -0.05) is 25.7 Å². The maximum Gasteiger partial charge on any atom is 0.225 e. The Morgan fingerprint density at radius 2 is 2.05 bits per heavy atom. The van der Waals surface area contributed by atoms with Crippen LogP contribution in [0.3, 0.4) is 0 Å². The molecule has 1 heterocycles. The van der Waals surface area contributed by atoms with Crippen molar-refractivity contribution in [1.29, 1.82) is 0 Å². The summed E-state index contributed by atoms with van der Waals surface area (Å²) in [6.07, 6.45) is 9.08. The zero-order valence-corrected chi connectivity index (χ0v) is 15.1. The molecule has 0 bridgehead atoms. The Bertz CT molecular complexity index is 501. The maximum atomic E-state index is 12.7. The molecule has 1 amide bonds. The molecule has 0 N–H and O–H groups in total. The second kappa shape index (κ2) is 6.82. The molecule has 3 rings (SSSR count). The highest BCUT2D eigenvalue weighted by Gasteiger charge is 2.35. The Morgan fingerprint density at radius 1 is 1.29 bits per heavy atom. The first-order valence-corrected chi connectivity index (χ1v) is 9.78. The molecule has 1 aromatic heterocycles. The van der Waals surface area contributed by atoms with Crippen molar-refractivity contribution in [2.24, 2.45) is 17.8 Å². The van der Waals surface area contributed by atoms with Crippen molar-refractivity contribution in [2.45, 2.75) is 51.5 Å². The topological polar surface area (TPSA) is 20.3 Å². The molecule has 2 fully saturated rings. The van der Waals surface area contributed by atoms with Gasteiger partial charge in [0.15, 0.2) is 0 Å². The number of amides is 1. The van der Waals surface area contributed by atoms with Crippen LogP contribution in [0.25, 0.3) is 0 Å². The molecule has 2 aliphatic carbocycles. The monoisotopic (exact) mass is 369 g/mol. The molecule has 1 aromatic rings. The average molecular weight is 370 g/mol. The molecule has 2 saturated carbocycles. The van der Waals surface area contributed by atoms with E-state index in [1.54, 1.807) is 11.3 Å². The first-order chi connectivity index (χ1) is 10.1. The summed E-state index contributed by atoms with van der Waals surface area (Å²) < 4.78 is 1.12. The van der Waals surface area contributed by atoms with Crippen LogP contribution in [0.4, 0.5) is 0 Å². The lowest BCUT2D eigenvalue weighted by atomic mass is 9.67. The molecule has 2 nitrogen and oxygen atoms in total. The Balaban J connectivity index is 1.57. The summed E-state index contributed by atoms with van der Waals surface area (Å²) in [7, 11) is 1.96. The van der Waals surface area contributed by atoms with Gasteiger partial charge in [0.1, 0.15) is 0 Å². The number of rotatable bonds is 3. The number of carbonyl (C=O) groups is 1. The van der Waals surface area contributed by atoms with Gasteiger partial charge in [0.05, 0.1) is 6.54 Å². The minimum absolute atomic E-state index is 0.276. The quantitative estimate of drug-likeness (QED) is 0.727. The van der Waals surface area contributed by atoms with E-state index in [0.29, 0.717) is 5.91 Å². The van der Waals surface area contributed by atoms with Gasteiger partial charge < -0.3 is 4.90 Å². The van der Waals surface area contributed by atoms with E-state index in [1.807, 2.05) is 11.9 Å². The fourth-order valence-electron chi connectivity index (χ4n) is 4.16. The van der Waals surface area contributed by atoms with Gasteiger partial charge in [-0.2, -0.15) is 0 Å². The highest BCUT2D eigenvalue weighted by atomic mass is 79.9. The van der Waals surface area contributed by atoms with Gasteiger partial charge in [-0.15, -0.1) is 11.3 Å². The lowest BCUT2D eigenvalue weighted by molar-refractivity contribution is -0.137. The van der Waals surface area contributed by atoms with Gasteiger partial charge in [-0.3, -0.25) is 4.79 Å². The maximum absolute atomic E-state index is 12.7. The second-order valence-corrected chi connectivity index (χ2v) is 8.65. The zero-order valence-electron chi connectivity index (χ0n) is 12.7. The molecule has 21 heavy (non-hydrogen) atoms. The van der Waals surface area contributed by atoms with Crippen LogP contribution in [0.2, 0.25) is 0 Å². The summed E-state index contributed by atoms with van der Waals surface area (Å²) in [5.74, 6) is 2.38. The van der Waals surface area contributed by atoms with Crippen molar-refractivity contribution in [1.82, 2.24) is 4.90 Å². The normalized spacial score (nSPS) is 29.0. The van der Waals surface area contributed by atoms with Crippen molar-refractivity contribution in [3.8, 4) is 0 Å². The lowest BCUT2D eigenvalue weighted by Gasteiger charge is -2.39. The Labute approximate surface area is 140 Å². The summed E-state index contributed by atoms with van der Waals surface area (Å²) in [6.45, 7) is 0.750. The summed E-state index contributed by atoms with van der Waals surface area (Å²) in [5, 5.41) is 2.08. The highest BCUT2D eigenvalue weighted by Crippen LogP contribution is 2.43. The first kappa shape index (κ1) is 15.5. The summed E-state index contributed by atoms with van der Waals surface area (Å²) in [5.41, 5.74) is 0. The van der Waals surface area contributed by atoms with Crippen molar-refractivity contribution >= 4 is 33.2 Å². The lowest BCUT2D eigenvalue weighted by Crippen LogP contribution is -2.38. The van der Waals surface area contributed by atoms with Crippen LogP contribution in [-0.2, 0) is 11.3 Å². The molecule has 116 valence electrons. The molecule has 3 unspecified atom stereocenters. The molecular formula is C17H24BrNOS. The summed E-state index contributed by atoms with van der Waals surface area (Å²) >= 11 is 5.20. The van der Waals surface area contributed by atoms with E-state index >= 15 is 0 Å². The number of halogens is 1. The smallest absolute Gasteiger partial charge is 0.225 e. The van der Waals surface area contributed by atoms with Crippen LogP contribution >= 0.6 is 27.3 Å². The van der Waals surface area contributed by atoms with Gasteiger partial charge in [0, 0.05) is 27.7 Å². The molecule has 0 aromatic carbocycles. The van der Waals surface area contributed by atoms with Crippen LogP contribution in [0, 0.1) is 17.8 Å². The largest absolute Gasteiger partial charge is 0.340 e. The van der Waals surface area contributed by atoms with Gasteiger partial charge in [0.2, 0.25) is 5.91 Å². The van der Waals surface area contributed by atoms with Crippen molar-refractivity contribution in [2.75, 3.05) is 7.05 Å². The van der Waals surface area contributed by atoms with E-state index in [4.69, 9.17) is 0 Å². The van der Waals surface area contributed by atoms with Gasteiger partial charge in [-0.05, 0) is 53.1 Å². The summed E-state index contributed by atoms with van der Waals surface area (Å²) in [4.78, 5) is 15.9. The van der Waals surface area contributed by atoms with Gasteiger partial charge in [0.25, 0.3) is 0 Å². The fourth-order valence-corrected chi connectivity index (χ4v) is 5.66. The second-order valence-electron chi connectivity index (χ2n) is 6.74. The molecule has 2 aliphatic rings. The van der Waals surface area contributed by atoms with Crippen LogP contribution in [0.1, 0.15) is 49.8 Å². The number of hydrogen-bond donors (Lipinski definition) is 0. The Hall–Kier alpha value is -0.350. The van der Waals surface area contributed by atoms with Crippen molar-refractivity contribution in [3.05, 3.63) is 20.8 Å². The molecular weight excluding hydrogens is 346 g/mol. The standard InChI is InChI=1S/C17H24BrNOS/c1-19(10-16-9-15(18)11-21-16)17(20)14-7-6-12-4-2-3-5-13(12)8-14/h9,11-14H,2-8,10H2,1H3. The first-order valence-electron chi connectivity index (χ1n) is 8.11. The molecule has 0 radical (unpaired) electrons. The zero-order chi connectivity index (χ0) is 14.8. The molecule has 0 spiro atoms. The highest BCUT2D eigenvalue weighted by molar-refractivity contribution is 9.10. The minimum Gasteiger partial charge on any atom is -0.340 e. The van der Waals surface area contributed by atoms with Crippen LogP contribution < -0.4 is 0 Å². The third-order valence-electron chi connectivity index (χ3n) is 5.28. The molecule has 3 atom stereocenters. The predicted molar refractivity (Wildman–Crippen MR) is 91.3 cm³/mol. The van der Waals surface area contributed by atoms with E-state index in [0.717, 1.165) is 35.7 Å². The van der Waals surface area contributed by atoms with E-state index < -0.39 is 0 Å². The Morgan fingerprint density at radius 3 is 2.76 bits per heavy atom.